The first-order chi connectivity index (χ1) is 11.8. The number of benzene rings is 2. The standard InChI is InChI=1S/C17H14ClF3N2O2/c18-13-7-3-1-5-11(13)9-15(24)23-14-8-4-2-6-12(14)16(25)22-10-17(19,20)21/h1-8H,9-10H2,(H,22,25)(H,23,24). The van der Waals surface area contributed by atoms with E-state index in [2.05, 4.69) is 5.32 Å². The van der Waals surface area contributed by atoms with E-state index in [9.17, 15) is 22.8 Å². The summed E-state index contributed by atoms with van der Waals surface area (Å²) in [7, 11) is 0. The number of hydrogen-bond acceptors (Lipinski definition) is 2. The quantitative estimate of drug-likeness (QED) is 0.840. The van der Waals surface area contributed by atoms with Gasteiger partial charge in [-0.25, -0.2) is 0 Å². The van der Waals surface area contributed by atoms with E-state index in [0.29, 0.717) is 10.6 Å². The first kappa shape index (κ1) is 18.8. The number of nitrogens with one attached hydrogen (secondary N) is 2. The Morgan fingerprint density at radius 3 is 2.32 bits per heavy atom. The second-order valence-electron chi connectivity index (χ2n) is 5.16. The summed E-state index contributed by atoms with van der Waals surface area (Å²) in [5.41, 5.74) is 0.666. The topological polar surface area (TPSA) is 58.2 Å². The average Bonchev–Trinajstić information content (AvgIpc) is 2.54. The van der Waals surface area contributed by atoms with Gasteiger partial charge in [0.25, 0.3) is 5.91 Å². The molecule has 25 heavy (non-hydrogen) atoms. The molecule has 0 radical (unpaired) electrons. The maximum atomic E-state index is 12.2. The summed E-state index contributed by atoms with van der Waals surface area (Å²) in [6, 6.07) is 12.6. The maximum Gasteiger partial charge on any atom is 0.405 e. The SMILES string of the molecule is O=C(Cc1ccccc1Cl)Nc1ccccc1C(=O)NCC(F)(F)F. The van der Waals surface area contributed by atoms with E-state index in [1.807, 2.05) is 0 Å². The molecule has 0 spiro atoms. The number of carbonyl (C=O) groups excluding carboxylic acids is 2. The molecule has 0 aromatic heterocycles. The van der Waals surface area contributed by atoms with Crippen molar-refractivity contribution in [1.29, 1.82) is 0 Å². The lowest BCUT2D eigenvalue weighted by atomic mass is 10.1. The molecule has 2 N–H and O–H groups in total. The predicted molar refractivity (Wildman–Crippen MR) is 88.6 cm³/mol. The summed E-state index contributed by atoms with van der Waals surface area (Å²) < 4.78 is 36.7. The number of hydrogen-bond donors (Lipinski definition) is 2. The number of anilines is 1. The van der Waals surface area contributed by atoms with Crippen LogP contribution in [0.4, 0.5) is 18.9 Å². The fourth-order valence-corrected chi connectivity index (χ4v) is 2.28. The Hall–Kier alpha value is -2.54. The molecule has 0 bridgehead atoms. The lowest BCUT2D eigenvalue weighted by molar-refractivity contribution is -0.123. The Kier molecular flexibility index (Phi) is 6.03. The van der Waals surface area contributed by atoms with Crippen LogP contribution in [0.5, 0.6) is 0 Å². The van der Waals surface area contributed by atoms with E-state index in [0.717, 1.165) is 0 Å². The van der Waals surface area contributed by atoms with E-state index in [1.54, 1.807) is 35.6 Å². The second-order valence-corrected chi connectivity index (χ2v) is 5.57. The van der Waals surface area contributed by atoms with Crippen LogP contribution in [0.25, 0.3) is 0 Å². The molecule has 2 rings (SSSR count). The van der Waals surface area contributed by atoms with Crippen LogP contribution in [0.15, 0.2) is 48.5 Å². The molecule has 4 nitrogen and oxygen atoms in total. The van der Waals surface area contributed by atoms with Crippen LogP contribution in [0.3, 0.4) is 0 Å². The van der Waals surface area contributed by atoms with Crippen molar-refractivity contribution < 1.29 is 22.8 Å². The van der Waals surface area contributed by atoms with Crippen molar-refractivity contribution in [3.05, 3.63) is 64.7 Å². The summed E-state index contributed by atoms with van der Waals surface area (Å²) in [5.74, 6) is -1.37. The van der Waals surface area contributed by atoms with Crippen molar-refractivity contribution in [2.45, 2.75) is 12.6 Å². The monoisotopic (exact) mass is 370 g/mol. The highest BCUT2D eigenvalue weighted by Crippen LogP contribution is 2.19. The van der Waals surface area contributed by atoms with Gasteiger partial charge in [-0.3, -0.25) is 9.59 Å². The molecule has 0 saturated carbocycles. The highest BCUT2D eigenvalue weighted by molar-refractivity contribution is 6.31. The Bertz CT molecular complexity index is 778. The molecule has 0 heterocycles. The molecule has 0 aliphatic rings. The summed E-state index contributed by atoms with van der Waals surface area (Å²) >= 11 is 5.99. The highest BCUT2D eigenvalue weighted by Gasteiger charge is 2.28. The van der Waals surface area contributed by atoms with E-state index in [4.69, 9.17) is 11.6 Å². The molecule has 132 valence electrons. The number of rotatable bonds is 5. The van der Waals surface area contributed by atoms with Gasteiger partial charge < -0.3 is 10.6 Å². The van der Waals surface area contributed by atoms with Crippen molar-refractivity contribution in [2.24, 2.45) is 0 Å². The summed E-state index contributed by atoms with van der Waals surface area (Å²) in [6.07, 6.45) is -4.55. The third-order valence-corrected chi connectivity index (χ3v) is 3.57. The van der Waals surface area contributed by atoms with Gasteiger partial charge in [0.1, 0.15) is 6.54 Å². The summed E-state index contributed by atoms with van der Waals surface area (Å²) in [5, 5.41) is 4.72. The molecule has 0 aliphatic carbocycles. The molecule has 2 amide bonds. The van der Waals surface area contributed by atoms with Crippen molar-refractivity contribution >= 4 is 29.1 Å². The van der Waals surface area contributed by atoms with Crippen molar-refractivity contribution in [3.63, 3.8) is 0 Å². The molecular formula is C17H14ClF3N2O2. The highest BCUT2D eigenvalue weighted by atomic mass is 35.5. The maximum absolute atomic E-state index is 12.2. The van der Waals surface area contributed by atoms with Gasteiger partial charge in [0.05, 0.1) is 17.7 Å². The Labute approximate surface area is 147 Å². The van der Waals surface area contributed by atoms with Crippen LogP contribution >= 0.6 is 11.6 Å². The zero-order valence-corrected chi connectivity index (χ0v) is 13.6. The van der Waals surface area contributed by atoms with Crippen LogP contribution < -0.4 is 10.6 Å². The van der Waals surface area contributed by atoms with Gasteiger partial charge in [-0.2, -0.15) is 13.2 Å². The van der Waals surface area contributed by atoms with E-state index in [1.165, 1.54) is 18.2 Å². The van der Waals surface area contributed by atoms with Crippen LogP contribution in [0.1, 0.15) is 15.9 Å². The van der Waals surface area contributed by atoms with Gasteiger partial charge in [-0.1, -0.05) is 41.9 Å². The van der Waals surface area contributed by atoms with Crippen LogP contribution in [0.2, 0.25) is 5.02 Å². The normalized spacial score (nSPS) is 11.0. The number of alkyl halides is 3. The zero-order chi connectivity index (χ0) is 18.4. The zero-order valence-electron chi connectivity index (χ0n) is 12.9. The van der Waals surface area contributed by atoms with E-state index >= 15 is 0 Å². The van der Waals surface area contributed by atoms with E-state index in [-0.39, 0.29) is 17.7 Å². The van der Waals surface area contributed by atoms with Crippen molar-refractivity contribution in [3.8, 4) is 0 Å². The number of halogens is 4. The molecule has 8 heteroatoms. The van der Waals surface area contributed by atoms with Gasteiger partial charge in [0.2, 0.25) is 5.91 Å². The molecule has 2 aromatic carbocycles. The average molecular weight is 371 g/mol. The fourth-order valence-electron chi connectivity index (χ4n) is 2.07. The summed E-state index contributed by atoms with van der Waals surface area (Å²) in [4.78, 5) is 24.1. The first-order valence-corrected chi connectivity index (χ1v) is 7.61. The number of carbonyl (C=O) groups is 2. The number of amides is 2. The van der Waals surface area contributed by atoms with Crippen LogP contribution in [-0.4, -0.2) is 24.5 Å². The van der Waals surface area contributed by atoms with Crippen LogP contribution in [-0.2, 0) is 11.2 Å². The van der Waals surface area contributed by atoms with Crippen molar-refractivity contribution in [2.75, 3.05) is 11.9 Å². The molecule has 2 aromatic rings. The minimum atomic E-state index is -4.52. The Morgan fingerprint density at radius 1 is 1.00 bits per heavy atom. The molecule has 0 aliphatic heterocycles. The van der Waals surface area contributed by atoms with Gasteiger partial charge in [-0.15, -0.1) is 0 Å². The van der Waals surface area contributed by atoms with Crippen molar-refractivity contribution in [1.82, 2.24) is 5.32 Å². The Morgan fingerprint density at radius 2 is 1.64 bits per heavy atom. The summed E-state index contributed by atoms with van der Waals surface area (Å²) in [6.45, 7) is -1.45. The lowest BCUT2D eigenvalue weighted by Gasteiger charge is -2.13. The van der Waals surface area contributed by atoms with Gasteiger partial charge in [0.15, 0.2) is 0 Å². The van der Waals surface area contributed by atoms with Crippen LogP contribution in [0, 0.1) is 0 Å². The molecule has 0 saturated heterocycles. The van der Waals surface area contributed by atoms with Gasteiger partial charge >= 0.3 is 6.18 Å². The second kappa shape index (κ2) is 8.02. The molecule has 0 atom stereocenters. The predicted octanol–water partition coefficient (Wildman–Crippen LogP) is 3.81. The smallest absolute Gasteiger partial charge is 0.343 e. The minimum Gasteiger partial charge on any atom is -0.343 e. The van der Waals surface area contributed by atoms with Gasteiger partial charge in [-0.05, 0) is 23.8 Å². The first-order valence-electron chi connectivity index (χ1n) is 7.23. The largest absolute Gasteiger partial charge is 0.405 e. The van der Waals surface area contributed by atoms with E-state index < -0.39 is 24.5 Å². The fraction of sp³-hybridized carbons (Fsp3) is 0.176. The molecule has 0 unspecified atom stereocenters. The Balaban J connectivity index is 2.08. The molecule has 0 fully saturated rings. The number of para-hydroxylation sites is 1. The molecular weight excluding hydrogens is 357 g/mol. The lowest BCUT2D eigenvalue weighted by Crippen LogP contribution is -2.34. The van der Waals surface area contributed by atoms with Gasteiger partial charge in [0, 0.05) is 5.02 Å². The minimum absolute atomic E-state index is 0.0296. The third kappa shape index (κ3) is 5.79. The third-order valence-electron chi connectivity index (χ3n) is 3.20.